The van der Waals surface area contributed by atoms with E-state index in [-0.39, 0.29) is 11.2 Å². The minimum absolute atomic E-state index is 0.0959. The van der Waals surface area contributed by atoms with Crippen LogP contribution in [0.25, 0.3) is 0 Å². The zero-order valence-electron chi connectivity index (χ0n) is 11.1. The van der Waals surface area contributed by atoms with E-state index in [9.17, 15) is 8.42 Å². The average Bonchev–Trinajstić information content (AvgIpc) is 3.21. The normalized spacial score (nSPS) is 21.7. The third kappa shape index (κ3) is 2.48. The van der Waals surface area contributed by atoms with Crippen molar-refractivity contribution in [2.45, 2.75) is 29.4 Å². The molecular formula is C16H15ClO2S. The lowest BCUT2D eigenvalue weighted by molar-refractivity contribution is 0.594. The Hall–Kier alpha value is -1.32. The zero-order valence-corrected chi connectivity index (χ0v) is 12.7. The standard InChI is InChI=1S/C16H15ClO2S/c1-11-2-8-14(9-3-11)20(18,19)16-10-15(16)12-4-6-13(17)7-5-12/h2-9,15-16H,10H2,1H3/t15-,16+/m0/s1. The fourth-order valence-corrected chi connectivity index (χ4v) is 4.52. The number of rotatable bonds is 3. The number of halogens is 1. The zero-order chi connectivity index (χ0) is 14.3. The Kier molecular flexibility index (Phi) is 3.35. The molecule has 2 aromatic carbocycles. The van der Waals surface area contributed by atoms with Crippen LogP contribution in [-0.2, 0) is 9.84 Å². The molecule has 0 unspecified atom stereocenters. The van der Waals surface area contributed by atoms with Gasteiger partial charge in [-0.15, -0.1) is 0 Å². The van der Waals surface area contributed by atoms with Crippen molar-refractivity contribution in [3.05, 3.63) is 64.7 Å². The lowest BCUT2D eigenvalue weighted by Gasteiger charge is -2.05. The minimum Gasteiger partial charge on any atom is -0.223 e. The molecule has 2 aromatic rings. The lowest BCUT2D eigenvalue weighted by atomic mass is 10.1. The first-order valence-corrected chi connectivity index (χ1v) is 8.47. The second-order valence-corrected chi connectivity index (χ2v) is 7.89. The summed E-state index contributed by atoms with van der Waals surface area (Å²) in [6.45, 7) is 1.95. The van der Waals surface area contributed by atoms with Crippen molar-refractivity contribution in [1.29, 1.82) is 0 Å². The van der Waals surface area contributed by atoms with Gasteiger partial charge in [0.15, 0.2) is 9.84 Å². The number of aryl methyl sites for hydroxylation is 1. The summed E-state index contributed by atoms with van der Waals surface area (Å²) in [4.78, 5) is 0.421. The van der Waals surface area contributed by atoms with E-state index < -0.39 is 9.84 Å². The predicted molar refractivity (Wildman–Crippen MR) is 81.0 cm³/mol. The van der Waals surface area contributed by atoms with E-state index in [1.807, 2.05) is 43.3 Å². The molecule has 104 valence electrons. The molecule has 0 heterocycles. The van der Waals surface area contributed by atoms with Crippen LogP contribution in [0.3, 0.4) is 0 Å². The van der Waals surface area contributed by atoms with Gasteiger partial charge in [0.1, 0.15) is 0 Å². The van der Waals surface area contributed by atoms with Gasteiger partial charge in [-0.25, -0.2) is 8.42 Å². The van der Waals surface area contributed by atoms with Gasteiger partial charge >= 0.3 is 0 Å². The quantitative estimate of drug-likeness (QED) is 0.859. The molecular weight excluding hydrogens is 292 g/mol. The van der Waals surface area contributed by atoms with Gasteiger partial charge in [-0.3, -0.25) is 0 Å². The van der Waals surface area contributed by atoms with Crippen LogP contribution in [0, 0.1) is 6.92 Å². The Morgan fingerprint density at radius 1 is 1.00 bits per heavy atom. The van der Waals surface area contributed by atoms with Crippen molar-refractivity contribution in [3.63, 3.8) is 0 Å². The molecule has 1 aliphatic carbocycles. The van der Waals surface area contributed by atoms with Crippen LogP contribution in [0.4, 0.5) is 0 Å². The van der Waals surface area contributed by atoms with E-state index >= 15 is 0 Å². The molecule has 1 saturated carbocycles. The van der Waals surface area contributed by atoms with Crippen molar-refractivity contribution in [3.8, 4) is 0 Å². The Balaban J connectivity index is 1.84. The smallest absolute Gasteiger partial charge is 0.181 e. The van der Waals surface area contributed by atoms with Crippen LogP contribution in [0.1, 0.15) is 23.5 Å². The number of benzene rings is 2. The van der Waals surface area contributed by atoms with Crippen molar-refractivity contribution >= 4 is 21.4 Å². The van der Waals surface area contributed by atoms with E-state index in [2.05, 4.69) is 0 Å². The summed E-state index contributed by atoms with van der Waals surface area (Å²) in [5.41, 5.74) is 2.11. The summed E-state index contributed by atoms with van der Waals surface area (Å²) < 4.78 is 25.1. The van der Waals surface area contributed by atoms with Crippen LogP contribution < -0.4 is 0 Å². The van der Waals surface area contributed by atoms with E-state index in [1.165, 1.54) is 0 Å². The van der Waals surface area contributed by atoms with Gasteiger partial charge in [-0.2, -0.15) is 0 Å². The van der Waals surface area contributed by atoms with E-state index in [0.717, 1.165) is 11.1 Å². The highest BCUT2D eigenvalue weighted by Crippen LogP contribution is 2.48. The first kappa shape index (κ1) is 13.7. The van der Waals surface area contributed by atoms with E-state index in [4.69, 9.17) is 11.6 Å². The summed E-state index contributed by atoms with van der Waals surface area (Å²) >= 11 is 5.86. The second kappa shape index (κ2) is 4.90. The molecule has 2 nitrogen and oxygen atoms in total. The Bertz CT molecular complexity index is 718. The largest absolute Gasteiger partial charge is 0.223 e. The van der Waals surface area contributed by atoms with Crippen molar-refractivity contribution in [1.82, 2.24) is 0 Å². The number of hydrogen-bond acceptors (Lipinski definition) is 2. The molecule has 0 aromatic heterocycles. The van der Waals surface area contributed by atoms with Crippen LogP contribution in [-0.4, -0.2) is 13.7 Å². The molecule has 0 radical (unpaired) electrons. The molecule has 2 atom stereocenters. The lowest BCUT2D eigenvalue weighted by Crippen LogP contribution is -2.09. The predicted octanol–water partition coefficient (Wildman–Crippen LogP) is 3.98. The summed E-state index contributed by atoms with van der Waals surface area (Å²) in [6.07, 6.45) is 0.692. The first-order valence-electron chi connectivity index (χ1n) is 6.54. The van der Waals surface area contributed by atoms with Crippen LogP contribution in [0.2, 0.25) is 5.02 Å². The fourth-order valence-electron chi connectivity index (χ4n) is 2.48. The Morgan fingerprint density at radius 2 is 1.60 bits per heavy atom. The molecule has 1 aliphatic rings. The van der Waals surface area contributed by atoms with Gasteiger partial charge in [-0.1, -0.05) is 41.4 Å². The average molecular weight is 307 g/mol. The van der Waals surface area contributed by atoms with Gasteiger partial charge in [-0.05, 0) is 43.2 Å². The summed E-state index contributed by atoms with van der Waals surface area (Å²) in [6, 6.07) is 14.5. The third-order valence-electron chi connectivity index (χ3n) is 3.78. The molecule has 4 heteroatoms. The molecule has 3 rings (SSSR count). The second-order valence-electron chi connectivity index (χ2n) is 5.29. The molecule has 0 N–H and O–H groups in total. The maximum atomic E-state index is 12.5. The first-order chi connectivity index (χ1) is 9.48. The number of sulfone groups is 1. The van der Waals surface area contributed by atoms with Gasteiger partial charge < -0.3 is 0 Å². The molecule has 0 aliphatic heterocycles. The highest BCUT2D eigenvalue weighted by molar-refractivity contribution is 7.92. The van der Waals surface area contributed by atoms with Crippen molar-refractivity contribution < 1.29 is 8.42 Å². The third-order valence-corrected chi connectivity index (χ3v) is 6.28. The molecule has 0 spiro atoms. The van der Waals surface area contributed by atoms with Crippen LogP contribution >= 0.6 is 11.6 Å². The van der Waals surface area contributed by atoms with Crippen LogP contribution in [0.5, 0.6) is 0 Å². The SMILES string of the molecule is Cc1ccc(S(=O)(=O)[C@@H]2C[C@H]2c2ccc(Cl)cc2)cc1. The van der Waals surface area contributed by atoms with Crippen LogP contribution in [0.15, 0.2) is 53.4 Å². The Morgan fingerprint density at radius 3 is 2.20 bits per heavy atom. The topological polar surface area (TPSA) is 34.1 Å². The molecule has 0 saturated heterocycles. The molecule has 20 heavy (non-hydrogen) atoms. The van der Waals surface area contributed by atoms with E-state index in [0.29, 0.717) is 16.3 Å². The van der Waals surface area contributed by atoms with E-state index in [1.54, 1.807) is 12.1 Å². The summed E-state index contributed by atoms with van der Waals surface area (Å²) in [7, 11) is -3.22. The maximum Gasteiger partial charge on any atom is 0.181 e. The molecule has 0 bridgehead atoms. The highest BCUT2D eigenvalue weighted by Gasteiger charge is 2.48. The van der Waals surface area contributed by atoms with Gasteiger partial charge in [0.05, 0.1) is 10.1 Å². The Labute approximate surface area is 124 Å². The molecule has 0 amide bonds. The summed E-state index contributed by atoms with van der Waals surface area (Å²) in [5.74, 6) is 0.0959. The minimum atomic E-state index is -3.22. The highest BCUT2D eigenvalue weighted by atomic mass is 35.5. The van der Waals surface area contributed by atoms with Crippen molar-refractivity contribution in [2.24, 2.45) is 0 Å². The monoisotopic (exact) mass is 306 g/mol. The number of hydrogen-bond donors (Lipinski definition) is 0. The van der Waals surface area contributed by atoms with Gasteiger partial charge in [0, 0.05) is 10.9 Å². The summed E-state index contributed by atoms with van der Waals surface area (Å²) in [5, 5.41) is 0.374. The fraction of sp³-hybridized carbons (Fsp3) is 0.250. The van der Waals surface area contributed by atoms with Crippen molar-refractivity contribution in [2.75, 3.05) is 0 Å². The maximum absolute atomic E-state index is 12.5. The van der Waals surface area contributed by atoms with Gasteiger partial charge in [0.2, 0.25) is 0 Å². The molecule has 1 fully saturated rings. The van der Waals surface area contributed by atoms with Gasteiger partial charge in [0.25, 0.3) is 0 Å².